The van der Waals surface area contributed by atoms with Gasteiger partial charge in [0, 0.05) is 18.9 Å². The van der Waals surface area contributed by atoms with Crippen molar-refractivity contribution in [2.24, 2.45) is 0 Å². The molecule has 0 amide bonds. The fraction of sp³-hybridized carbons (Fsp3) is 0. The number of benzene rings is 2. The summed E-state index contributed by atoms with van der Waals surface area (Å²) in [6, 6.07) is 21.7. The van der Waals surface area contributed by atoms with E-state index in [9.17, 15) is 0 Å². The maximum absolute atomic E-state index is 2.24. The fourth-order valence-electron chi connectivity index (χ4n) is 1.29. The topological polar surface area (TPSA) is 0 Å². The molecule has 64 valence electrons. The second-order valence-electron chi connectivity index (χ2n) is 2.97. The first kappa shape index (κ1) is 11.9. The maximum atomic E-state index is 2.24. The standard InChI is InChI=1S/2C6H5.Li.Sn.H/c2*1-2-4-6-5-3-1;;;/h2*1-5H;;;. The molecule has 2 aromatic rings. The Morgan fingerprint density at radius 3 is 1.29 bits per heavy atom. The van der Waals surface area contributed by atoms with Crippen molar-refractivity contribution in [3.05, 3.63) is 60.7 Å². The minimum absolute atomic E-state index is 0. The van der Waals surface area contributed by atoms with E-state index in [1.54, 1.807) is 7.16 Å². The van der Waals surface area contributed by atoms with Crippen LogP contribution in [0.15, 0.2) is 60.7 Å². The van der Waals surface area contributed by atoms with Crippen molar-refractivity contribution in [1.29, 1.82) is 0 Å². The fourth-order valence-corrected chi connectivity index (χ4v) is 4.76. The normalized spacial score (nSPS) is 9.14. The van der Waals surface area contributed by atoms with Gasteiger partial charge in [0.05, 0.1) is 0 Å². The van der Waals surface area contributed by atoms with Gasteiger partial charge in [0.2, 0.25) is 0 Å². The Bertz CT molecular complexity index is 321. The molecule has 0 fully saturated rings. The summed E-state index contributed by atoms with van der Waals surface area (Å²) >= 11 is -0.699. The van der Waals surface area contributed by atoms with Crippen molar-refractivity contribution in [2.75, 3.05) is 0 Å². The quantitative estimate of drug-likeness (QED) is 0.711. The zero-order valence-corrected chi connectivity index (χ0v) is 11.6. The monoisotopic (exact) mass is 282 g/mol. The van der Waals surface area contributed by atoms with Gasteiger partial charge in [-0.3, -0.25) is 0 Å². The van der Waals surface area contributed by atoms with E-state index in [-0.39, 0.29) is 18.9 Å². The first-order valence-corrected chi connectivity index (χ1v) is 7.69. The van der Waals surface area contributed by atoms with Crippen molar-refractivity contribution in [1.82, 2.24) is 0 Å². The molecule has 0 heterocycles. The number of hydrogen-bond acceptors (Lipinski definition) is 0. The van der Waals surface area contributed by atoms with Gasteiger partial charge < -0.3 is 0 Å². The van der Waals surface area contributed by atoms with Gasteiger partial charge in [0.25, 0.3) is 0 Å². The van der Waals surface area contributed by atoms with Gasteiger partial charge in [-0.1, -0.05) is 0 Å². The van der Waals surface area contributed by atoms with Crippen molar-refractivity contribution in [2.45, 2.75) is 0 Å². The second kappa shape index (κ2) is 6.34. The minimum atomic E-state index is -0.699. The third kappa shape index (κ3) is 3.53. The van der Waals surface area contributed by atoms with Crippen LogP contribution in [-0.4, -0.2) is 40.0 Å². The third-order valence-corrected chi connectivity index (χ3v) is 6.03. The summed E-state index contributed by atoms with van der Waals surface area (Å²) in [6.07, 6.45) is 0. The molecule has 0 aliphatic carbocycles. The van der Waals surface area contributed by atoms with Crippen molar-refractivity contribution in [3.8, 4) is 0 Å². The Labute approximate surface area is 107 Å². The summed E-state index contributed by atoms with van der Waals surface area (Å²) < 4.78 is 3.12. The van der Waals surface area contributed by atoms with Crippen LogP contribution >= 0.6 is 0 Å². The zero-order chi connectivity index (χ0) is 8.93. The molecule has 14 heavy (non-hydrogen) atoms. The van der Waals surface area contributed by atoms with Crippen LogP contribution in [-0.2, 0) is 0 Å². The summed E-state index contributed by atoms with van der Waals surface area (Å²) in [7, 11) is 0. The molecule has 0 bridgehead atoms. The molecule has 0 spiro atoms. The van der Waals surface area contributed by atoms with Gasteiger partial charge >= 0.3 is 89.0 Å². The molecule has 0 unspecified atom stereocenters. The molecule has 2 rings (SSSR count). The van der Waals surface area contributed by atoms with Gasteiger partial charge in [-0.2, -0.15) is 0 Å². The Balaban J connectivity index is 0.000000980. The molecule has 2 radical (unpaired) electrons. The second-order valence-corrected chi connectivity index (χ2v) is 7.60. The van der Waals surface area contributed by atoms with E-state index >= 15 is 0 Å². The van der Waals surface area contributed by atoms with Gasteiger partial charge in [0.1, 0.15) is 0 Å². The number of rotatable bonds is 2. The average Bonchev–Trinajstić information content (AvgIpc) is 2.21. The predicted octanol–water partition coefficient (Wildman–Crippen LogP) is 0.693. The Kier molecular flexibility index (Phi) is 5.40. The molecule has 0 aromatic heterocycles. The Morgan fingerprint density at radius 2 is 0.929 bits per heavy atom. The van der Waals surface area contributed by atoms with E-state index in [0.29, 0.717) is 0 Å². The van der Waals surface area contributed by atoms with Crippen LogP contribution in [0.3, 0.4) is 0 Å². The summed E-state index contributed by atoms with van der Waals surface area (Å²) in [4.78, 5) is 0. The van der Waals surface area contributed by atoms with E-state index < -0.39 is 21.1 Å². The van der Waals surface area contributed by atoms with Crippen LogP contribution < -0.4 is 7.16 Å². The van der Waals surface area contributed by atoms with E-state index in [4.69, 9.17) is 0 Å². The van der Waals surface area contributed by atoms with Crippen LogP contribution in [0.4, 0.5) is 0 Å². The van der Waals surface area contributed by atoms with Gasteiger partial charge in [-0.25, -0.2) is 0 Å². The first-order valence-electron chi connectivity index (χ1n) is 4.40. The zero-order valence-electron chi connectivity index (χ0n) is 8.35. The molecule has 2 heteroatoms. The van der Waals surface area contributed by atoms with Gasteiger partial charge in [0.15, 0.2) is 0 Å². The van der Waals surface area contributed by atoms with Crippen LogP contribution in [0.1, 0.15) is 0 Å². The Hall–Kier alpha value is -0.164. The summed E-state index contributed by atoms with van der Waals surface area (Å²) in [5, 5.41) is 0. The SMILES string of the molecule is [Li].c1cc[c]([SnH][c]2ccccc2)cc1. The average molecular weight is 281 g/mol. The van der Waals surface area contributed by atoms with Crippen LogP contribution in [0.5, 0.6) is 0 Å². The predicted molar refractivity (Wildman–Crippen MR) is 65.1 cm³/mol. The van der Waals surface area contributed by atoms with Gasteiger partial charge in [-0.15, -0.1) is 0 Å². The molecule has 2 aromatic carbocycles. The third-order valence-electron chi connectivity index (χ3n) is 1.93. The Morgan fingerprint density at radius 1 is 0.571 bits per heavy atom. The van der Waals surface area contributed by atoms with Crippen LogP contribution in [0.25, 0.3) is 0 Å². The molecular weight excluding hydrogens is 270 g/mol. The molecule has 0 aliphatic rings. The van der Waals surface area contributed by atoms with Crippen molar-refractivity contribution < 1.29 is 0 Å². The molecule has 0 saturated heterocycles. The molecular formula is C12H11LiSn. The van der Waals surface area contributed by atoms with Crippen LogP contribution in [0.2, 0.25) is 0 Å². The first-order chi connectivity index (χ1) is 6.45. The molecule has 0 N–H and O–H groups in total. The summed E-state index contributed by atoms with van der Waals surface area (Å²) in [6.45, 7) is 0. The molecule has 0 aliphatic heterocycles. The van der Waals surface area contributed by atoms with E-state index in [0.717, 1.165) is 0 Å². The van der Waals surface area contributed by atoms with Crippen molar-refractivity contribution >= 4 is 47.2 Å². The molecule has 0 atom stereocenters. The summed E-state index contributed by atoms with van der Waals surface area (Å²) in [5.74, 6) is 0. The van der Waals surface area contributed by atoms with E-state index in [1.165, 1.54) is 0 Å². The summed E-state index contributed by atoms with van der Waals surface area (Å²) in [5.41, 5.74) is 0. The van der Waals surface area contributed by atoms with Crippen molar-refractivity contribution in [3.63, 3.8) is 0 Å². The van der Waals surface area contributed by atoms with Gasteiger partial charge in [-0.05, 0) is 0 Å². The van der Waals surface area contributed by atoms with Crippen LogP contribution in [0, 0.1) is 0 Å². The molecule has 0 saturated carbocycles. The molecule has 0 nitrogen and oxygen atoms in total. The van der Waals surface area contributed by atoms with E-state index in [2.05, 4.69) is 60.7 Å². The van der Waals surface area contributed by atoms with E-state index in [1.807, 2.05) is 0 Å². The number of hydrogen-bond donors (Lipinski definition) is 0.